The largest absolute Gasteiger partial charge is 0.467 e. The molecule has 0 radical (unpaired) electrons. The summed E-state index contributed by atoms with van der Waals surface area (Å²) in [7, 11) is 0. The second kappa shape index (κ2) is 7.36. The van der Waals surface area contributed by atoms with Crippen LogP contribution in [0.4, 0.5) is 0 Å². The summed E-state index contributed by atoms with van der Waals surface area (Å²) in [5, 5.41) is 16.7. The lowest BCUT2D eigenvalue weighted by molar-refractivity contribution is 0.0907. The van der Waals surface area contributed by atoms with Gasteiger partial charge in [-0.3, -0.25) is 9.48 Å². The smallest absolute Gasteiger partial charge is 0.251 e. The fraction of sp³-hybridized carbons (Fsp3) is 0.263. The molecule has 0 fully saturated rings. The van der Waals surface area contributed by atoms with E-state index < -0.39 is 6.04 Å². The second-order valence-electron chi connectivity index (χ2n) is 6.01. The van der Waals surface area contributed by atoms with Crippen LogP contribution in [0.1, 0.15) is 39.1 Å². The first-order chi connectivity index (χ1) is 12.1. The number of nitrogens with one attached hydrogen (secondary N) is 1. The molecule has 1 unspecified atom stereocenters. The highest BCUT2D eigenvalue weighted by Crippen LogP contribution is 2.14. The third-order valence-electron chi connectivity index (χ3n) is 4.03. The van der Waals surface area contributed by atoms with Gasteiger partial charge in [-0.1, -0.05) is 12.1 Å². The predicted octanol–water partition coefficient (Wildman–Crippen LogP) is 2.60. The highest BCUT2D eigenvalue weighted by molar-refractivity contribution is 5.94. The van der Waals surface area contributed by atoms with Crippen molar-refractivity contribution in [3.05, 3.63) is 77.0 Å². The molecule has 25 heavy (non-hydrogen) atoms. The van der Waals surface area contributed by atoms with Crippen molar-refractivity contribution in [2.24, 2.45) is 0 Å². The number of hydrogen-bond acceptors (Lipinski definition) is 4. The first-order valence-electron chi connectivity index (χ1n) is 8.12. The molecule has 0 saturated carbocycles. The van der Waals surface area contributed by atoms with Crippen LogP contribution in [0.2, 0.25) is 0 Å². The molecule has 1 amide bonds. The van der Waals surface area contributed by atoms with Crippen LogP contribution in [0.3, 0.4) is 0 Å². The summed E-state index contributed by atoms with van der Waals surface area (Å²) >= 11 is 0. The van der Waals surface area contributed by atoms with Crippen LogP contribution in [0.15, 0.2) is 53.1 Å². The average molecular weight is 339 g/mol. The van der Waals surface area contributed by atoms with Gasteiger partial charge in [0.2, 0.25) is 0 Å². The zero-order valence-electron chi connectivity index (χ0n) is 14.3. The number of aromatic nitrogens is 2. The second-order valence-corrected chi connectivity index (χ2v) is 6.01. The number of carbonyl (C=O) groups excluding carboxylic acids is 1. The maximum atomic E-state index is 12.4. The summed E-state index contributed by atoms with van der Waals surface area (Å²) in [6, 6.07) is 12.3. The Morgan fingerprint density at radius 2 is 2.04 bits per heavy atom. The highest BCUT2D eigenvalue weighted by Gasteiger charge is 2.17. The summed E-state index contributed by atoms with van der Waals surface area (Å²) in [6.07, 6.45) is 1.51. The van der Waals surface area contributed by atoms with Crippen molar-refractivity contribution < 1.29 is 14.3 Å². The van der Waals surface area contributed by atoms with Crippen molar-refractivity contribution in [2.75, 3.05) is 6.61 Å². The number of amides is 1. The molecule has 0 saturated heterocycles. The number of aryl methyl sites for hydroxylation is 2. The normalized spacial score (nSPS) is 12.1. The Morgan fingerprint density at radius 3 is 2.60 bits per heavy atom. The van der Waals surface area contributed by atoms with E-state index in [0.717, 1.165) is 17.0 Å². The van der Waals surface area contributed by atoms with Gasteiger partial charge in [-0.15, -0.1) is 0 Å². The van der Waals surface area contributed by atoms with Crippen LogP contribution in [-0.4, -0.2) is 27.4 Å². The molecule has 6 heteroatoms. The van der Waals surface area contributed by atoms with Crippen LogP contribution >= 0.6 is 0 Å². The van der Waals surface area contributed by atoms with Crippen molar-refractivity contribution in [3.8, 4) is 0 Å². The molecule has 2 aromatic heterocycles. The number of benzene rings is 1. The van der Waals surface area contributed by atoms with Crippen LogP contribution < -0.4 is 5.32 Å². The maximum absolute atomic E-state index is 12.4. The number of aliphatic hydroxyl groups excluding tert-OH is 1. The van der Waals surface area contributed by atoms with Gasteiger partial charge in [0.15, 0.2) is 0 Å². The predicted molar refractivity (Wildman–Crippen MR) is 93.2 cm³/mol. The molecule has 130 valence electrons. The van der Waals surface area contributed by atoms with Gasteiger partial charge < -0.3 is 14.8 Å². The van der Waals surface area contributed by atoms with E-state index in [1.807, 2.05) is 36.7 Å². The van der Waals surface area contributed by atoms with Crippen LogP contribution in [0.5, 0.6) is 0 Å². The van der Waals surface area contributed by atoms with E-state index in [4.69, 9.17) is 4.42 Å². The molecule has 2 N–H and O–H groups in total. The van der Waals surface area contributed by atoms with Crippen molar-refractivity contribution in [1.82, 2.24) is 15.1 Å². The minimum absolute atomic E-state index is 0.227. The van der Waals surface area contributed by atoms with E-state index in [2.05, 4.69) is 10.4 Å². The van der Waals surface area contributed by atoms with E-state index >= 15 is 0 Å². The van der Waals surface area contributed by atoms with Gasteiger partial charge in [0, 0.05) is 11.3 Å². The van der Waals surface area contributed by atoms with Crippen molar-refractivity contribution >= 4 is 5.91 Å². The van der Waals surface area contributed by atoms with E-state index in [0.29, 0.717) is 17.9 Å². The Bertz CT molecular complexity index is 835. The first kappa shape index (κ1) is 17.0. The minimum Gasteiger partial charge on any atom is -0.467 e. The molecule has 0 aliphatic carbocycles. The topological polar surface area (TPSA) is 80.3 Å². The molecule has 0 aliphatic heterocycles. The number of rotatable bonds is 6. The van der Waals surface area contributed by atoms with Gasteiger partial charge in [-0.25, -0.2) is 0 Å². The average Bonchev–Trinajstić information content (AvgIpc) is 3.23. The van der Waals surface area contributed by atoms with E-state index in [-0.39, 0.29) is 12.5 Å². The number of aliphatic hydroxyl groups is 1. The van der Waals surface area contributed by atoms with Crippen LogP contribution in [0, 0.1) is 13.8 Å². The van der Waals surface area contributed by atoms with Crippen molar-refractivity contribution in [3.63, 3.8) is 0 Å². The lowest BCUT2D eigenvalue weighted by Gasteiger charge is -2.14. The SMILES string of the molecule is Cc1cc(C)n(Cc2ccc(C(=O)NC(CO)c3ccco3)cc2)n1. The summed E-state index contributed by atoms with van der Waals surface area (Å²) in [6.45, 7) is 4.42. The number of furan rings is 1. The maximum Gasteiger partial charge on any atom is 0.251 e. The van der Waals surface area contributed by atoms with E-state index in [9.17, 15) is 9.90 Å². The number of hydrogen-bond donors (Lipinski definition) is 2. The molecule has 1 atom stereocenters. The monoisotopic (exact) mass is 339 g/mol. The lowest BCUT2D eigenvalue weighted by atomic mass is 10.1. The van der Waals surface area contributed by atoms with E-state index in [1.54, 1.807) is 24.3 Å². The Labute approximate surface area is 146 Å². The first-order valence-corrected chi connectivity index (χ1v) is 8.12. The fourth-order valence-corrected chi connectivity index (χ4v) is 2.71. The minimum atomic E-state index is -0.558. The Morgan fingerprint density at radius 1 is 1.28 bits per heavy atom. The molecular formula is C19H21N3O3. The third-order valence-corrected chi connectivity index (χ3v) is 4.03. The molecule has 0 spiro atoms. The van der Waals surface area contributed by atoms with Crippen LogP contribution in [0.25, 0.3) is 0 Å². The summed E-state index contributed by atoms with van der Waals surface area (Å²) < 4.78 is 7.17. The van der Waals surface area contributed by atoms with Gasteiger partial charge in [0.25, 0.3) is 5.91 Å². The van der Waals surface area contributed by atoms with Crippen molar-refractivity contribution in [1.29, 1.82) is 0 Å². The zero-order valence-corrected chi connectivity index (χ0v) is 14.3. The van der Waals surface area contributed by atoms with Gasteiger partial charge in [-0.05, 0) is 49.7 Å². The number of nitrogens with zero attached hydrogens (tertiary/aromatic N) is 2. The molecule has 3 rings (SSSR count). The Kier molecular flexibility index (Phi) is 5.00. The highest BCUT2D eigenvalue weighted by atomic mass is 16.3. The zero-order chi connectivity index (χ0) is 17.8. The fourth-order valence-electron chi connectivity index (χ4n) is 2.71. The molecule has 6 nitrogen and oxygen atoms in total. The standard InChI is InChI=1S/C19H21N3O3/c1-13-10-14(2)22(21-13)11-15-5-7-16(8-6-15)19(24)20-17(12-23)18-4-3-9-25-18/h3-10,17,23H,11-12H2,1-2H3,(H,20,24). The van der Waals surface area contributed by atoms with Crippen LogP contribution in [-0.2, 0) is 6.54 Å². The van der Waals surface area contributed by atoms with E-state index in [1.165, 1.54) is 6.26 Å². The summed E-state index contributed by atoms with van der Waals surface area (Å²) in [5.41, 5.74) is 3.68. The number of carbonyl (C=O) groups is 1. The van der Waals surface area contributed by atoms with Gasteiger partial charge in [0.05, 0.1) is 25.1 Å². The Balaban J connectivity index is 1.67. The molecule has 2 heterocycles. The van der Waals surface area contributed by atoms with Crippen molar-refractivity contribution in [2.45, 2.75) is 26.4 Å². The van der Waals surface area contributed by atoms with Gasteiger partial charge in [0.1, 0.15) is 11.8 Å². The third kappa shape index (κ3) is 3.97. The molecule has 1 aromatic carbocycles. The molecule has 0 aliphatic rings. The Hall–Kier alpha value is -2.86. The summed E-state index contributed by atoms with van der Waals surface area (Å²) in [4.78, 5) is 12.4. The lowest BCUT2D eigenvalue weighted by Crippen LogP contribution is -2.30. The summed E-state index contributed by atoms with van der Waals surface area (Å²) in [5.74, 6) is 0.269. The molecule has 3 aromatic rings. The quantitative estimate of drug-likeness (QED) is 0.723. The van der Waals surface area contributed by atoms with Gasteiger partial charge >= 0.3 is 0 Å². The molecule has 0 bridgehead atoms. The molecular weight excluding hydrogens is 318 g/mol. The van der Waals surface area contributed by atoms with Gasteiger partial charge in [-0.2, -0.15) is 5.10 Å².